The molecule has 3 rings (SSSR count). The average Bonchev–Trinajstić information content (AvgIpc) is 2.91. The highest BCUT2D eigenvalue weighted by Crippen LogP contribution is 2.38. The highest BCUT2D eigenvalue weighted by atomic mass is 79.9. The van der Waals surface area contributed by atoms with Gasteiger partial charge < -0.3 is 10.1 Å². The number of thiophene rings is 1. The standard InChI is InChI=1S/C18H17BrN2O2S/c1-10-7-11(19)8-13(16(10)23-2)17(22)21-18-14(9-20)12-5-3-4-6-15(12)24-18/h7-8H,3-6H2,1-2H3,(H,21,22). The molecule has 0 aliphatic heterocycles. The lowest BCUT2D eigenvalue weighted by Crippen LogP contribution is -2.14. The lowest BCUT2D eigenvalue weighted by Gasteiger charge is -2.12. The van der Waals surface area contributed by atoms with E-state index in [-0.39, 0.29) is 5.91 Å². The quantitative estimate of drug-likeness (QED) is 0.796. The molecular formula is C18H17BrN2O2S. The second-order valence-corrected chi connectivity index (χ2v) is 7.81. The summed E-state index contributed by atoms with van der Waals surface area (Å²) in [5, 5.41) is 13.1. The molecular weight excluding hydrogens is 388 g/mol. The van der Waals surface area contributed by atoms with Gasteiger partial charge in [0.2, 0.25) is 0 Å². The highest BCUT2D eigenvalue weighted by Gasteiger charge is 2.23. The number of halogens is 1. The summed E-state index contributed by atoms with van der Waals surface area (Å²) in [6.07, 6.45) is 4.16. The fourth-order valence-corrected chi connectivity index (χ4v) is 4.92. The fraction of sp³-hybridized carbons (Fsp3) is 0.333. The van der Waals surface area contributed by atoms with E-state index in [4.69, 9.17) is 4.74 Å². The Labute approximate surface area is 153 Å². The van der Waals surface area contributed by atoms with Crippen LogP contribution < -0.4 is 10.1 Å². The van der Waals surface area contributed by atoms with Gasteiger partial charge in [-0.05, 0) is 55.9 Å². The van der Waals surface area contributed by atoms with Crippen molar-refractivity contribution in [1.82, 2.24) is 0 Å². The van der Waals surface area contributed by atoms with Crippen molar-refractivity contribution in [1.29, 1.82) is 5.26 Å². The number of nitrogens with one attached hydrogen (secondary N) is 1. The molecule has 1 aliphatic carbocycles. The fourth-order valence-electron chi connectivity index (χ4n) is 3.11. The lowest BCUT2D eigenvalue weighted by atomic mass is 9.96. The number of aryl methyl sites for hydroxylation is 2. The van der Waals surface area contributed by atoms with Crippen molar-refractivity contribution in [3.8, 4) is 11.8 Å². The van der Waals surface area contributed by atoms with E-state index in [1.807, 2.05) is 13.0 Å². The second kappa shape index (κ2) is 6.96. The van der Waals surface area contributed by atoms with Crippen LogP contribution in [0.15, 0.2) is 16.6 Å². The van der Waals surface area contributed by atoms with E-state index in [9.17, 15) is 10.1 Å². The van der Waals surface area contributed by atoms with Crippen LogP contribution >= 0.6 is 27.3 Å². The third-order valence-corrected chi connectivity index (χ3v) is 5.86. The molecule has 0 saturated heterocycles. The molecule has 24 heavy (non-hydrogen) atoms. The maximum atomic E-state index is 12.8. The zero-order valence-electron chi connectivity index (χ0n) is 13.5. The van der Waals surface area contributed by atoms with E-state index in [0.717, 1.165) is 41.3 Å². The molecule has 124 valence electrons. The first-order valence-corrected chi connectivity index (χ1v) is 9.36. The number of rotatable bonds is 3. The average molecular weight is 405 g/mol. The maximum absolute atomic E-state index is 12.8. The van der Waals surface area contributed by atoms with Crippen molar-refractivity contribution in [3.63, 3.8) is 0 Å². The van der Waals surface area contributed by atoms with E-state index < -0.39 is 0 Å². The Hall–Kier alpha value is -1.84. The molecule has 0 radical (unpaired) electrons. The predicted molar refractivity (Wildman–Crippen MR) is 99.1 cm³/mol. The van der Waals surface area contributed by atoms with E-state index in [1.54, 1.807) is 13.2 Å². The van der Waals surface area contributed by atoms with Gasteiger partial charge in [0.1, 0.15) is 16.8 Å². The van der Waals surface area contributed by atoms with Crippen LogP contribution in [0.2, 0.25) is 0 Å². The number of nitriles is 1. The molecule has 2 aromatic rings. The molecule has 0 atom stereocenters. The number of anilines is 1. The van der Waals surface area contributed by atoms with Crippen LogP contribution in [0.3, 0.4) is 0 Å². The number of benzene rings is 1. The van der Waals surface area contributed by atoms with Crippen LogP contribution in [0.25, 0.3) is 0 Å². The summed E-state index contributed by atoms with van der Waals surface area (Å²) >= 11 is 4.94. The first kappa shape index (κ1) is 17.0. The SMILES string of the molecule is COc1c(C)cc(Br)cc1C(=O)Nc1sc2c(c1C#N)CCCC2. The van der Waals surface area contributed by atoms with Gasteiger partial charge in [-0.3, -0.25) is 4.79 Å². The van der Waals surface area contributed by atoms with Crippen LogP contribution in [-0.2, 0) is 12.8 Å². The first-order valence-electron chi connectivity index (χ1n) is 7.75. The molecule has 0 unspecified atom stereocenters. The van der Waals surface area contributed by atoms with Gasteiger partial charge in [-0.1, -0.05) is 15.9 Å². The number of methoxy groups -OCH3 is 1. The Bertz CT molecular complexity index is 852. The molecule has 0 fully saturated rings. The molecule has 1 heterocycles. The molecule has 1 aliphatic rings. The molecule has 1 N–H and O–H groups in total. The van der Waals surface area contributed by atoms with Crippen molar-refractivity contribution < 1.29 is 9.53 Å². The van der Waals surface area contributed by atoms with Gasteiger partial charge in [0, 0.05) is 9.35 Å². The van der Waals surface area contributed by atoms with Gasteiger partial charge in [-0.15, -0.1) is 11.3 Å². The molecule has 1 aromatic carbocycles. The van der Waals surface area contributed by atoms with E-state index in [0.29, 0.717) is 21.9 Å². The van der Waals surface area contributed by atoms with Crippen LogP contribution in [0, 0.1) is 18.3 Å². The van der Waals surface area contributed by atoms with Crippen molar-refractivity contribution >= 4 is 38.2 Å². The first-order chi connectivity index (χ1) is 11.5. The number of nitrogens with zero attached hydrogens (tertiary/aromatic N) is 1. The minimum atomic E-state index is -0.258. The largest absolute Gasteiger partial charge is 0.496 e. The van der Waals surface area contributed by atoms with Gasteiger partial charge in [0.15, 0.2) is 0 Å². The molecule has 1 amide bonds. The van der Waals surface area contributed by atoms with E-state index >= 15 is 0 Å². The second-order valence-electron chi connectivity index (χ2n) is 5.78. The maximum Gasteiger partial charge on any atom is 0.260 e. The Morgan fingerprint density at radius 3 is 2.83 bits per heavy atom. The normalized spacial score (nSPS) is 13.1. The van der Waals surface area contributed by atoms with Gasteiger partial charge >= 0.3 is 0 Å². The van der Waals surface area contributed by atoms with Gasteiger partial charge in [-0.25, -0.2) is 0 Å². The van der Waals surface area contributed by atoms with E-state index in [1.165, 1.54) is 16.2 Å². The predicted octanol–water partition coefficient (Wildman–Crippen LogP) is 4.83. The number of hydrogen-bond donors (Lipinski definition) is 1. The highest BCUT2D eigenvalue weighted by molar-refractivity contribution is 9.10. The number of carbonyl (C=O) groups excluding carboxylic acids is 1. The van der Waals surface area contributed by atoms with E-state index in [2.05, 4.69) is 27.3 Å². The van der Waals surface area contributed by atoms with Crippen LogP contribution in [0.5, 0.6) is 5.75 Å². The summed E-state index contributed by atoms with van der Waals surface area (Å²) in [5.41, 5.74) is 3.07. The molecule has 4 nitrogen and oxygen atoms in total. The Morgan fingerprint density at radius 1 is 1.38 bits per heavy atom. The van der Waals surface area contributed by atoms with Gasteiger partial charge in [0.05, 0.1) is 18.2 Å². The van der Waals surface area contributed by atoms with Gasteiger partial charge in [-0.2, -0.15) is 5.26 Å². The monoisotopic (exact) mass is 404 g/mol. The topological polar surface area (TPSA) is 62.1 Å². The number of ether oxygens (including phenoxy) is 1. The Kier molecular flexibility index (Phi) is 4.93. The summed E-state index contributed by atoms with van der Waals surface area (Å²) in [6, 6.07) is 5.91. The summed E-state index contributed by atoms with van der Waals surface area (Å²) in [6.45, 7) is 1.89. The summed E-state index contributed by atoms with van der Waals surface area (Å²) < 4.78 is 6.20. The third-order valence-electron chi connectivity index (χ3n) is 4.20. The van der Waals surface area contributed by atoms with Crippen molar-refractivity contribution in [2.24, 2.45) is 0 Å². The zero-order chi connectivity index (χ0) is 17.3. The molecule has 0 saturated carbocycles. The molecule has 6 heteroatoms. The van der Waals surface area contributed by atoms with Crippen LogP contribution in [-0.4, -0.2) is 13.0 Å². The molecule has 1 aromatic heterocycles. The number of carbonyl (C=O) groups is 1. The van der Waals surface area contributed by atoms with Crippen LogP contribution in [0.1, 0.15) is 44.8 Å². The summed E-state index contributed by atoms with van der Waals surface area (Å²) in [7, 11) is 1.55. The summed E-state index contributed by atoms with van der Waals surface area (Å²) in [5.74, 6) is 0.293. The molecule has 0 bridgehead atoms. The Morgan fingerprint density at radius 2 is 2.12 bits per heavy atom. The third kappa shape index (κ3) is 3.06. The minimum Gasteiger partial charge on any atom is -0.496 e. The lowest BCUT2D eigenvalue weighted by molar-refractivity contribution is 0.102. The minimum absolute atomic E-state index is 0.258. The van der Waals surface area contributed by atoms with Crippen molar-refractivity contribution in [3.05, 3.63) is 43.7 Å². The number of hydrogen-bond acceptors (Lipinski definition) is 4. The van der Waals surface area contributed by atoms with Gasteiger partial charge in [0.25, 0.3) is 5.91 Å². The summed E-state index contributed by atoms with van der Waals surface area (Å²) in [4.78, 5) is 14.0. The number of amides is 1. The smallest absolute Gasteiger partial charge is 0.260 e. The zero-order valence-corrected chi connectivity index (χ0v) is 15.9. The van der Waals surface area contributed by atoms with Crippen molar-refractivity contribution in [2.75, 3.05) is 12.4 Å². The number of fused-ring (bicyclic) bond motifs is 1. The Balaban J connectivity index is 1.97. The van der Waals surface area contributed by atoms with Crippen LogP contribution in [0.4, 0.5) is 5.00 Å². The molecule has 0 spiro atoms. The van der Waals surface area contributed by atoms with Crippen molar-refractivity contribution in [2.45, 2.75) is 32.6 Å².